The number of ether oxygens (including phenoxy) is 2. The minimum Gasteiger partial charge on any atom is -0.377 e. The first-order valence-electron chi connectivity index (χ1n) is 11.5. The van der Waals surface area contributed by atoms with Crippen LogP contribution in [0, 0.1) is 11.3 Å². The summed E-state index contributed by atoms with van der Waals surface area (Å²) in [4.78, 5) is 23.7. The summed E-state index contributed by atoms with van der Waals surface area (Å²) in [5.74, 6) is 0.892. The molecular formula is C23H30N6O3S. The second-order valence-electron chi connectivity index (χ2n) is 8.28. The summed E-state index contributed by atoms with van der Waals surface area (Å²) >= 11 is 1.37. The second-order valence-corrected chi connectivity index (χ2v) is 9.14. The number of hydrogen-bond donors (Lipinski definition) is 2. The van der Waals surface area contributed by atoms with E-state index in [4.69, 9.17) is 19.7 Å². The monoisotopic (exact) mass is 470 g/mol. The first-order chi connectivity index (χ1) is 16.2. The molecule has 9 nitrogen and oxygen atoms in total. The van der Waals surface area contributed by atoms with Crippen molar-refractivity contribution >= 4 is 28.2 Å². The van der Waals surface area contributed by atoms with Crippen molar-refractivity contribution in [1.29, 1.82) is 5.26 Å². The SMILES string of the molecule is N#CCN1CCC(c2cccc(Nc3nc(C(=O)NCCOC[C@H]4CCCO4)cs3)n2)CC1. The lowest BCUT2D eigenvalue weighted by molar-refractivity contribution is 0.0183. The van der Waals surface area contributed by atoms with Gasteiger partial charge in [0.15, 0.2) is 5.13 Å². The maximum absolute atomic E-state index is 12.3. The van der Waals surface area contributed by atoms with Crippen molar-refractivity contribution in [1.82, 2.24) is 20.2 Å². The topological polar surface area (TPSA) is 112 Å². The van der Waals surface area contributed by atoms with Crippen LogP contribution in [-0.4, -0.2) is 72.9 Å². The van der Waals surface area contributed by atoms with E-state index >= 15 is 0 Å². The predicted molar refractivity (Wildman–Crippen MR) is 126 cm³/mol. The van der Waals surface area contributed by atoms with Gasteiger partial charge in [-0.3, -0.25) is 9.69 Å². The molecule has 2 aromatic heterocycles. The number of nitrogens with zero attached hydrogens (tertiary/aromatic N) is 4. The van der Waals surface area contributed by atoms with Crippen LogP contribution in [0.3, 0.4) is 0 Å². The summed E-state index contributed by atoms with van der Waals surface area (Å²) < 4.78 is 11.1. The highest BCUT2D eigenvalue weighted by molar-refractivity contribution is 7.14. The van der Waals surface area contributed by atoms with Gasteiger partial charge >= 0.3 is 0 Å². The molecule has 0 aliphatic carbocycles. The molecule has 33 heavy (non-hydrogen) atoms. The molecule has 4 heterocycles. The average Bonchev–Trinajstić information content (AvgIpc) is 3.52. The zero-order valence-corrected chi connectivity index (χ0v) is 19.5. The van der Waals surface area contributed by atoms with Crippen molar-refractivity contribution in [2.24, 2.45) is 0 Å². The van der Waals surface area contributed by atoms with Gasteiger partial charge in [-0.15, -0.1) is 11.3 Å². The van der Waals surface area contributed by atoms with E-state index in [1.807, 2.05) is 12.1 Å². The third kappa shape index (κ3) is 6.95. The number of thiazole rings is 1. The standard InChI is InChI=1S/C23H30N6O3S/c24-8-12-29-10-6-17(7-11-29)19-4-1-5-21(26-19)28-23-27-20(16-33-23)22(30)25-9-14-31-15-18-3-2-13-32-18/h1,4-5,16-18H,2-3,6-7,9-15H2,(H,25,30)(H,26,27,28)/t18-/m1/s1. The number of rotatable bonds is 10. The zero-order valence-electron chi connectivity index (χ0n) is 18.7. The predicted octanol–water partition coefficient (Wildman–Crippen LogP) is 2.91. The number of anilines is 2. The van der Waals surface area contributed by atoms with Crippen LogP contribution in [0.4, 0.5) is 10.9 Å². The first kappa shape index (κ1) is 23.6. The third-order valence-electron chi connectivity index (χ3n) is 5.90. The molecule has 2 N–H and O–H groups in total. The Morgan fingerprint density at radius 2 is 2.18 bits per heavy atom. The summed E-state index contributed by atoms with van der Waals surface area (Å²) in [7, 11) is 0. The van der Waals surface area contributed by atoms with Gasteiger partial charge in [0.25, 0.3) is 5.91 Å². The van der Waals surface area contributed by atoms with E-state index < -0.39 is 0 Å². The molecule has 0 spiro atoms. The minimum atomic E-state index is -0.217. The van der Waals surface area contributed by atoms with Gasteiger partial charge in [0.1, 0.15) is 11.5 Å². The van der Waals surface area contributed by atoms with Crippen molar-refractivity contribution in [2.45, 2.75) is 37.7 Å². The number of hydrogen-bond acceptors (Lipinski definition) is 9. The van der Waals surface area contributed by atoms with Crippen LogP contribution in [0.15, 0.2) is 23.6 Å². The summed E-state index contributed by atoms with van der Waals surface area (Å²) in [5.41, 5.74) is 1.43. The number of likely N-dealkylation sites (tertiary alicyclic amines) is 1. The summed E-state index contributed by atoms with van der Waals surface area (Å²) in [6.07, 6.45) is 4.32. The Labute approximate surface area is 198 Å². The van der Waals surface area contributed by atoms with Crippen LogP contribution in [-0.2, 0) is 9.47 Å². The molecule has 0 unspecified atom stereocenters. The van der Waals surface area contributed by atoms with E-state index in [0.717, 1.165) is 56.9 Å². The van der Waals surface area contributed by atoms with Crippen LogP contribution < -0.4 is 10.6 Å². The number of nitriles is 1. The molecule has 0 aromatic carbocycles. The normalized spacial score (nSPS) is 19.3. The molecule has 2 aliphatic heterocycles. The number of aromatic nitrogens is 2. The van der Waals surface area contributed by atoms with Crippen LogP contribution in [0.2, 0.25) is 0 Å². The second kappa shape index (κ2) is 12.0. The van der Waals surface area contributed by atoms with Gasteiger partial charge in [-0.2, -0.15) is 5.26 Å². The van der Waals surface area contributed by atoms with Gasteiger partial charge in [-0.1, -0.05) is 6.07 Å². The Morgan fingerprint density at radius 3 is 2.97 bits per heavy atom. The van der Waals surface area contributed by atoms with E-state index in [2.05, 4.69) is 32.7 Å². The van der Waals surface area contributed by atoms with Crippen LogP contribution in [0.25, 0.3) is 0 Å². The van der Waals surface area contributed by atoms with E-state index in [-0.39, 0.29) is 12.0 Å². The van der Waals surface area contributed by atoms with Crippen molar-refractivity contribution in [2.75, 3.05) is 51.3 Å². The number of nitrogens with one attached hydrogen (secondary N) is 2. The number of piperidine rings is 1. The van der Waals surface area contributed by atoms with Crippen LogP contribution in [0.1, 0.15) is 47.8 Å². The smallest absolute Gasteiger partial charge is 0.270 e. The van der Waals surface area contributed by atoms with Gasteiger partial charge in [0.2, 0.25) is 0 Å². The van der Waals surface area contributed by atoms with E-state index in [1.54, 1.807) is 5.38 Å². The lowest BCUT2D eigenvalue weighted by Crippen LogP contribution is -2.33. The Balaban J connectivity index is 1.22. The van der Waals surface area contributed by atoms with Gasteiger partial charge < -0.3 is 20.1 Å². The molecular weight excluding hydrogens is 440 g/mol. The summed E-state index contributed by atoms with van der Waals surface area (Å²) in [6.45, 7) is 4.60. The average molecular weight is 471 g/mol. The quantitative estimate of drug-likeness (QED) is 0.403. The first-order valence-corrected chi connectivity index (χ1v) is 12.4. The molecule has 2 saturated heterocycles. The van der Waals surface area contributed by atoms with Crippen LogP contribution >= 0.6 is 11.3 Å². The minimum absolute atomic E-state index is 0.191. The number of carbonyl (C=O) groups is 1. The Hall–Kier alpha value is -2.58. The molecule has 1 atom stereocenters. The number of amides is 1. The van der Waals surface area contributed by atoms with Crippen molar-refractivity contribution in [3.63, 3.8) is 0 Å². The molecule has 2 fully saturated rings. The van der Waals surface area contributed by atoms with Gasteiger partial charge in [0.05, 0.1) is 31.9 Å². The Morgan fingerprint density at radius 1 is 1.30 bits per heavy atom. The van der Waals surface area contributed by atoms with E-state index in [1.165, 1.54) is 11.3 Å². The Kier molecular flexibility index (Phi) is 8.60. The molecule has 4 rings (SSSR count). The van der Waals surface area contributed by atoms with Gasteiger partial charge in [-0.25, -0.2) is 9.97 Å². The molecule has 0 radical (unpaired) electrons. The number of pyridine rings is 1. The fraction of sp³-hybridized carbons (Fsp3) is 0.565. The highest BCUT2D eigenvalue weighted by Gasteiger charge is 2.21. The largest absolute Gasteiger partial charge is 0.377 e. The highest BCUT2D eigenvalue weighted by Crippen LogP contribution is 2.28. The van der Waals surface area contributed by atoms with Crippen molar-refractivity contribution in [3.05, 3.63) is 35.0 Å². The van der Waals surface area contributed by atoms with Crippen LogP contribution in [0.5, 0.6) is 0 Å². The number of carbonyl (C=O) groups excluding carboxylic acids is 1. The van der Waals surface area contributed by atoms with E-state index in [9.17, 15) is 4.79 Å². The molecule has 2 aromatic rings. The van der Waals surface area contributed by atoms with Gasteiger partial charge in [-0.05, 0) is 50.9 Å². The van der Waals surface area contributed by atoms with E-state index in [0.29, 0.717) is 43.0 Å². The molecule has 176 valence electrons. The maximum atomic E-state index is 12.3. The van der Waals surface area contributed by atoms with Gasteiger partial charge in [0, 0.05) is 30.1 Å². The summed E-state index contributed by atoms with van der Waals surface area (Å²) in [5, 5.41) is 17.3. The third-order valence-corrected chi connectivity index (χ3v) is 6.66. The Bertz CT molecular complexity index is 948. The molecule has 2 aliphatic rings. The highest BCUT2D eigenvalue weighted by atomic mass is 32.1. The lowest BCUT2D eigenvalue weighted by Gasteiger charge is -2.29. The zero-order chi connectivity index (χ0) is 22.9. The molecule has 1 amide bonds. The van der Waals surface area contributed by atoms with Crippen molar-refractivity contribution < 1.29 is 14.3 Å². The maximum Gasteiger partial charge on any atom is 0.270 e. The lowest BCUT2D eigenvalue weighted by atomic mass is 9.93. The molecule has 0 bridgehead atoms. The molecule has 0 saturated carbocycles. The fourth-order valence-electron chi connectivity index (χ4n) is 4.10. The summed E-state index contributed by atoms with van der Waals surface area (Å²) in [6, 6.07) is 8.17. The van der Waals surface area contributed by atoms with Crippen molar-refractivity contribution in [3.8, 4) is 6.07 Å². The molecule has 10 heteroatoms. The fourth-order valence-corrected chi connectivity index (χ4v) is 4.80.